The van der Waals surface area contributed by atoms with Gasteiger partial charge in [0.2, 0.25) is 0 Å². The molecule has 3 nitrogen and oxygen atoms in total. The van der Waals surface area contributed by atoms with Crippen LogP contribution in [-0.2, 0) is 9.47 Å². The molecule has 0 saturated heterocycles. The Morgan fingerprint density at radius 1 is 1.14 bits per heavy atom. The minimum Gasteiger partial charge on any atom is -0.382 e. The Labute approximate surface area is 88.2 Å². The SMILES string of the molecule is CCC(CC)C(COCCOC)NC. The van der Waals surface area contributed by atoms with E-state index in [1.807, 2.05) is 7.05 Å². The van der Waals surface area contributed by atoms with Crippen molar-refractivity contribution >= 4 is 0 Å². The zero-order chi connectivity index (χ0) is 10.8. The van der Waals surface area contributed by atoms with Gasteiger partial charge in [-0.25, -0.2) is 0 Å². The van der Waals surface area contributed by atoms with Gasteiger partial charge in [0.05, 0.1) is 19.8 Å². The van der Waals surface area contributed by atoms with Gasteiger partial charge in [0.1, 0.15) is 0 Å². The molecule has 0 aliphatic carbocycles. The number of methoxy groups -OCH3 is 1. The average molecular weight is 203 g/mol. The zero-order valence-corrected chi connectivity index (χ0v) is 10.0. The molecule has 14 heavy (non-hydrogen) atoms. The van der Waals surface area contributed by atoms with Gasteiger partial charge in [0.15, 0.2) is 0 Å². The van der Waals surface area contributed by atoms with Crippen LogP contribution < -0.4 is 5.32 Å². The van der Waals surface area contributed by atoms with Gasteiger partial charge < -0.3 is 14.8 Å². The summed E-state index contributed by atoms with van der Waals surface area (Å²) in [5.74, 6) is 0.711. The van der Waals surface area contributed by atoms with Crippen LogP contribution in [0.25, 0.3) is 0 Å². The molecule has 0 radical (unpaired) electrons. The van der Waals surface area contributed by atoms with Gasteiger partial charge in [-0.05, 0) is 13.0 Å². The maximum Gasteiger partial charge on any atom is 0.0701 e. The molecule has 0 spiro atoms. The van der Waals surface area contributed by atoms with E-state index in [4.69, 9.17) is 9.47 Å². The molecule has 0 aromatic heterocycles. The standard InChI is InChI=1S/C11H25NO2/c1-5-10(6-2)11(12-3)9-14-8-7-13-4/h10-12H,5-9H2,1-4H3. The third kappa shape index (κ3) is 5.58. The van der Waals surface area contributed by atoms with Crippen molar-refractivity contribution in [2.75, 3.05) is 34.0 Å². The molecule has 1 unspecified atom stereocenters. The van der Waals surface area contributed by atoms with Gasteiger partial charge in [-0.15, -0.1) is 0 Å². The summed E-state index contributed by atoms with van der Waals surface area (Å²) < 4.78 is 10.4. The van der Waals surface area contributed by atoms with E-state index in [2.05, 4.69) is 19.2 Å². The van der Waals surface area contributed by atoms with Crippen LogP contribution in [0.15, 0.2) is 0 Å². The van der Waals surface area contributed by atoms with Crippen molar-refractivity contribution in [2.45, 2.75) is 32.7 Å². The van der Waals surface area contributed by atoms with Gasteiger partial charge in [0, 0.05) is 13.2 Å². The first kappa shape index (κ1) is 13.9. The number of hydrogen-bond donors (Lipinski definition) is 1. The molecule has 0 aliphatic rings. The van der Waals surface area contributed by atoms with Crippen molar-refractivity contribution in [1.29, 1.82) is 0 Å². The molecule has 0 bridgehead atoms. The van der Waals surface area contributed by atoms with Crippen LogP contribution in [0.5, 0.6) is 0 Å². The van der Waals surface area contributed by atoms with E-state index >= 15 is 0 Å². The second kappa shape index (κ2) is 9.44. The maximum absolute atomic E-state index is 5.52. The van der Waals surface area contributed by atoms with Crippen molar-refractivity contribution in [3.05, 3.63) is 0 Å². The van der Waals surface area contributed by atoms with Gasteiger partial charge in [0.25, 0.3) is 0 Å². The Morgan fingerprint density at radius 3 is 2.21 bits per heavy atom. The summed E-state index contributed by atoms with van der Waals surface area (Å²) in [4.78, 5) is 0. The quantitative estimate of drug-likeness (QED) is 0.578. The summed E-state index contributed by atoms with van der Waals surface area (Å²) in [6.45, 7) is 6.61. The second-order valence-electron chi connectivity index (χ2n) is 3.54. The van der Waals surface area contributed by atoms with E-state index in [1.54, 1.807) is 7.11 Å². The van der Waals surface area contributed by atoms with Gasteiger partial charge >= 0.3 is 0 Å². The van der Waals surface area contributed by atoms with E-state index in [9.17, 15) is 0 Å². The molecule has 0 aromatic carbocycles. The molecule has 0 amide bonds. The highest BCUT2D eigenvalue weighted by molar-refractivity contribution is 4.72. The predicted octanol–water partition coefficient (Wildman–Crippen LogP) is 1.67. The Balaban J connectivity index is 3.65. The molecule has 1 atom stereocenters. The average Bonchev–Trinajstić information content (AvgIpc) is 2.23. The fourth-order valence-electron chi connectivity index (χ4n) is 1.67. The molecular formula is C11H25NO2. The summed E-state index contributed by atoms with van der Waals surface area (Å²) >= 11 is 0. The lowest BCUT2D eigenvalue weighted by molar-refractivity contribution is 0.0496. The summed E-state index contributed by atoms with van der Waals surface area (Å²) in [7, 11) is 3.70. The molecule has 3 heteroatoms. The summed E-state index contributed by atoms with van der Waals surface area (Å²) in [6.07, 6.45) is 2.41. The highest BCUT2D eigenvalue weighted by Crippen LogP contribution is 2.12. The van der Waals surface area contributed by atoms with E-state index in [0.29, 0.717) is 25.2 Å². The molecule has 86 valence electrons. The fourth-order valence-corrected chi connectivity index (χ4v) is 1.67. The molecule has 0 heterocycles. The summed E-state index contributed by atoms with van der Waals surface area (Å²) in [5, 5.41) is 3.32. The van der Waals surface area contributed by atoms with Crippen molar-refractivity contribution in [3.63, 3.8) is 0 Å². The number of ether oxygens (including phenoxy) is 2. The molecule has 1 N–H and O–H groups in total. The minimum absolute atomic E-state index is 0.474. The van der Waals surface area contributed by atoms with Crippen molar-refractivity contribution < 1.29 is 9.47 Å². The highest BCUT2D eigenvalue weighted by Gasteiger charge is 2.16. The van der Waals surface area contributed by atoms with Crippen LogP contribution in [0.4, 0.5) is 0 Å². The first-order chi connectivity index (χ1) is 6.79. The predicted molar refractivity (Wildman–Crippen MR) is 59.6 cm³/mol. The van der Waals surface area contributed by atoms with Gasteiger partial charge in [-0.1, -0.05) is 26.7 Å². The molecular weight excluding hydrogens is 178 g/mol. The Bertz CT molecular complexity index is 116. The first-order valence-electron chi connectivity index (χ1n) is 5.54. The number of nitrogens with one attached hydrogen (secondary N) is 1. The van der Waals surface area contributed by atoms with E-state index in [0.717, 1.165) is 6.61 Å². The number of likely N-dealkylation sites (N-methyl/N-ethyl adjacent to an activating group) is 1. The largest absolute Gasteiger partial charge is 0.382 e. The minimum atomic E-state index is 0.474. The van der Waals surface area contributed by atoms with Crippen LogP contribution in [0, 0.1) is 5.92 Å². The fraction of sp³-hybridized carbons (Fsp3) is 1.00. The third-order valence-corrected chi connectivity index (χ3v) is 2.72. The normalized spacial score (nSPS) is 13.5. The number of rotatable bonds is 9. The van der Waals surface area contributed by atoms with E-state index in [1.165, 1.54) is 12.8 Å². The lowest BCUT2D eigenvalue weighted by Gasteiger charge is -2.24. The topological polar surface area (TPSA) is 30.5 Å². The Hall–Kier alpha value is -0.120. The third-order valence-electron chi connectivity index (χ3n) is 2.72. The highest BCUT2D eigenvalue weighted by atomic mass is 16.5. The lowest BCUT2D eigenvalue weighted by Crippen LogP contribution is -2.37. The molecule has 0 saturated carbocycles. The molecule has 0 aliphatic heterocycles. The van der Waals surface area contributed by atoms with Crippen LogP contribution in [-0.4, -0.2) is 40.0 Å². The van der Waals surface area contributed by atoms with E-state index in [-0.39, 0.29) is 0 Å². The van der Waals surface area contributed by atoms with Crippen molar-refractivity contribution in [2.24, 2.45) is 5.92 Å². The van der Waals surface area contributed by atoms with Gasteiger partial charge in [-0.2, -0.15) is 0 Å². The summed E-state index contributed by atoms with van der Waals surface area (Å²) in [6, 6.07) is 0.474. The molecule has 0 fully saturated rings. The van der Waals surface area contributed by atoms with Crippen LogP contribution in [0.1, 0.15) is 26.7 Å². The monoisotopic (exact) mass is 203 g/mol. The van der Waals surface area contributed by atoms with Crippen LogP contribution >= 0.6 is 0 Å². The van der Waals surface area contributed by atoms with E-state index < -0.39 is 0 Å². The van der Waals surface area contributed by atoms with Gasteiger partial charge in [-0.3, -0.25) is 0 Å². The lowest BCUT2D eigenvalue weighted by atomic mass is 9.95. The summed E-state index contributed by atoms with van der Waals surface area (Å²) in [5.41, 5.74) is 0. The van der Waals surface area contributed by atoms with Crippen molar-refractivity contribution in [3.8, 4) is 0 Å². The van der Waals surface area contributed by atoms with Crippen molar-refractivity contribution in [1.82, 2.24) is 5.32 Å². The number of hydrogen-bond acceptors (Lipinski definition) is 3. The second-order valence-corrected chi connectivity index (χ2v) is 3.54. The first-order valence-corrected chi connectivity index (χ1v) is 5.54. The molecule has 0 aromatic rings. The Kier molecular flexibility index (Phi) is 9.35. The smallest absolute Gasteiger partial charge is 0.0701 e. The zero-order valence-electron chi connectivity index (χ0n) is 10.0. The Morgan fingerprint density at radius 2 is 1.79 bits per heavy atom. The van der Waals surface area contributed by atoms with Crippen LogP contribution in [0.3, 0.4) is 0 Å². The maximum atomic E-state index is 5.52. The van der Waals surface area contributed by atoms with Crippen LogP contribution in [0.2, 0.25) is 0 Å². The molecule has 0 rings (SSSR count).